The Bertz CT molecular complexity index is 564. The monoisotopic (exact) mass is 287 g/mol. The first kappa shape index (κ1) is 15.0. The molecule has 0 saturated heterocycles. The standard InChI is InChI=1S/C15H21N5O/c1-19(2)15(21)4-3-10-20-11-7-14(18-20)17-12-13-5-8-16-9-6-13/h5-9,11H,3-4,10,12H2,1-2H3,(H,17,18). The number of aryl methyl sites for hydroxylation is 1. The predicted octanol–water partition coefficient (Wildman–Crippen LogP) is 1.76. The summed E-state index contributed by atoms with van der Waals surface area (Å²) < 4.78 is 1.86. The lowest BCUT2D eigenvalue weighted by Crippen LogP contribution is -2.21. The molecule has 112 valence electrons. The SMILES string of the molecule is CN(C)C(=O)CCCn1ccc(NCc2ccncc2)n1. The van der Waals surface area contributed by atoms with Gasteiger partial charge in [0.1, 0.15) is 5.82 Å². The highest BCUT2D eigenvalue weighted by molar-refractivity contribution is 5.75. The second kappa shape index (κ2) is 7.42. The van der Waals surface area contributed by atoms with E-state index in [0.717, 1.165) is 30.9 Å². The Morgan fingerprint density at radius 3 is 2.76 bits per heavy atom. The summed E-state index contributed by atoms with van der Waals surface area (Å²) in [5.41, 5.74) is 1.16. The zero-order valence-electron chi connectivity index (χ0n) is 12.5. The molecule has 1 amide bonds. The molecule has 2 rings (SSSR count). The van der Waals surface area contributed by atoms with E-state index in [9.17, 15) is 4.79 Å². The molecule has 6 heteroatoms. The number of carbonyl (C=O) groups excluding carboxylic acids is 1. The first-order valence-corrected chi connectivity index (χ1v) is 7.01. The van der Waals surface area contributed by atoms with Crippen molar-refractivity contribution in [3.63, 3.8) is 0 Å². The number of nitrogens with one attached hydrogen (secondary N) is 1. The minimum absolute atomic E-state index is 0.151. The number of hydrogen-bond acceptors (Lipinski definition) is 4. The van der Waals surface area contributed by atoms with E-state index < -0.39 is 0 Å². The highest BCUT2D eigenvalue weighted by Gasteiger charge is 2.04. The summed E-state index contributed by atoms with van der Waals surface area (Å²) in [4.78, 5) is 17.1. The molecular weight excluding hydrogens is 266 g/mol. The first-order valence-electron chi connectivity index (χ1n) is 7.01. The van der Waals surface area contributed by atoms with Crippen molar-refractivity contribution >= 4 is 11.7 Å². The molecule has 0 atom stereocenters. The minimum atomic E-state index is 0.151. The van der Waals surface area contributed by atoms with Gasteiger partial charge in [-0.05, 0) is 24.1 Å². The van der Waals surface area contributed by atoms with Crippen LogP contribution in [0.3, 0.4) is 0 Å². The molecule has 21 heavy (non-hydrogen) atoms. The molecule has 2 heterocycles. The van der Waals surface area contributed by atoms with E-state index in [2.05, 4.69) is 15.4 Å². The van der Waals surface area contributed by atoms with Crippen LogP contribution in [-0.2, 0) is 17.9 Å². The molecule has 0 aliphatic rings. The van der Waals surface area contributed by atoms with E-state index in [1.54, 1.807) is 31.4 Å². The van der Waals surface area contributed by atoms with Crippen LogP contribution >= 0.6 is 0 Å². The van der Waals surface area contributed by atoms with E-state index in [1.807, 2.05) is 29.1 Å². The summed E-state index contributed by atoms with van der Waals surface area (Å²) in [6.07, 6.45) is 6.82. The van der Waals surface area contributed by atoms with E-state index >= 15 is 0 Å². The maximum Gasteiger partial charge on any atom is 0.222 e. The number of pyridine rings is 1. The fourth-order valence-electron chi connectivity index (χ4n) is 1.89. The lowest BCUT2D eigenvalue weighted by molar-refractivity contribution is -0.128. The van der Waals surface area contributed by atoms with Gasteiger partial charge in [0.15, 0.2) is 0 Å². The van der Waals surface area contributed by atoms with Crippen LogP contribution in [0.4, 0.5) is 5.82 Å². The molecule has 0 unspecified atom stereocenters. The number of carbonyl (C=O) groups is 1. The average molecular weight is 287 g/mol. The molecule has 0 aliphatic heterocycles. The van der Waals surface area contributed by atoms with E-state index in [0.29, 0.717) is 6.42 Å². The van der Waals surface area contributed by atoms with Crippen LogP contribution in [0.5, 0.6) is 0 Å². The van der Waals surface area contributed by atoms with Gasteiger partial charge in [-0.1, -0.05) is 0 Å². The third-order valence-electron chi connectivity index (χ3n) is 3.14. The Balaban J connectivity index is 1.75. The van der Waals surface area contributed by atoms with Crippen molar-refractivity contribution in [3.05, 3.63) is 42.4 Å². The Morgan fingerprint density at radius 2 is 2.05 bits per heavy atom. The Morgan fingerprint density at radius 1 is 1.29 bits per heavy atom. The zero-order chi connectivity index (χ0) is 15.1. The minimum Gasteiger partial charge on any atom is -0.365 e. The molecule has 0 fully saturated rings. The average Bonchev–Trinajstić information content (AvgIpc) is 2.94. The molecule has 0 bridgehead atoms. The summed E-state index contributed by atoms with van der Waals surface area (Å²) in [6.45, 7) is 1.47. The van der Waals surface area contributed by atoms with Crippen LogP contribution in [0.15, 0.2) is 36.8 Å². The molecular formula is C15H21N5O. The molecule has 6 nitrogen and oxygen atoms in total. The van der Waals surface area contributed by atoms with Crippen molar-refractivity contribution in [2.45, 2.75) is 25.9 Å². The van der Waals surface area contributed by atoms with E-state index in [1.165, 1.54) is 0 Å². The fourth-order valence-corrected chi connectivity index (χ4v) is 1.89. The second-order valence-electron chi connectivity index (χ2n) is 5.06. The van der Waals surface area contributed by atoms with Crippen molar-refractivity contribution in [2.24, 2.45) is 0 Å². The molecule has 1 N–H and O–H groups in total. The quantitative estimate of drug-likeness (QED) is 0.843. The van der Waals surface area contributed by atoms with Gasteiger partial charge in [-0.2, -0.15) is 5.10 Å². The first-order chi connectivity index (χ1) is 10.1. The topological polar surface area (TPSA) is 63.1 Å². The maximum atomic E-state index is 11.5. The molecule has 0 saturated carbocycles. The number of aromatic nitrogens is 3. The lowest BCUT2D eigenvalue weighted by Gasteiger charge is -2.09. The summed E-state index contributed by atoms with van der Waals surface area (Å²) in [5, 5.41) is 7.70. The van der Waals surface area contributed by atoms with Crippen molar-refractivity contribution in [1.29, 1.82) is 0 Å². The maximum absolute atomic E-state index is 11.5. The van der Waals surface area contributed by atoms with Crippen molar-refractivity contribution in [2.75, 3.05) is 19.4 Å². The summed E-state index contributed by atoms with van der Waals surface area (Å²) in [7, 11) is 3.55. The van der Waals surface area contributed by atoms with Crippen LogP contribution in [0.25, 0.3) is 0 Å². The predicted molar refractivity (Wildman–Crippen MR) is 81.7 cm³/mol. The van der Waals surface area contributed by atoms with Crippen LogP contribution in [0.2, 0.25) is 0 Å². The van der Waals surface area contributed by atoms with Gasteiger partial charge in [0.25, 0.3) is 0 Å². The van der Waals surface area contributed by atoms with Crippen molar-refractivity contribution in [3.8, 4) is 0 Å². The smallest absolute Gasteiger partial charge is 0.222 e. The lowest BCUT2D eigenvalue weighted by atomic mass is 10.3. The molecule has 0 aliphatic carbocycles. The Labute approximate surface area is 124 Å². The van der Waals surface area contributed by atoms with Gasteiger partial charge in [0.2, 0.25) is 5.91 Å². The normalized spacial score (nSPS) is 10.4. The molecule has 2 aromatic rings. The van der Waals surface area contributed by atoms with Crippen LogP contribution in [0.1, 0.15) is 18.4 Å². The third-order valence-corrected chi connectivity index (χ3v) is 3.14. The summed E-state index contributed by atoms with van der Waals surface area (Å²) in [5.74, 6) is 0.990. The van der Waals surface area contributed by atoms with Crippen LogP contribution < -0.4 is 5.32 Å². The van der Waals surface area contributed by atoms with Gasteiger partial charge in [-0.3, -0.25) is 14.5 Å². The third kappa shape index (κ3) is 4.91. The molecule has 0 aromatic carbocycles. The van der Waals surface area contributed by atoms with Crippen molar-refractivity contribution < 1.29 is 4.79 Å². The zero-order valence-corrected chi connectivity index (χ0v) is 12.5. The van der Waals surface area contributed by atoms with Crippen LogP contribution in [-0.4, -0.2) is 39.7 Å². The fraction of sp³-hybridized carbons (Fsp3) is 0.400. The van der Waals surface area contributed by atoms with Gasteiger partial charge < -0.3 is 10.2 Å². The Kier molecular flexibility index (Phi) is 5.31. The molecule has 0 radical (unpaired) electrons. The van der Waals surface area contributed by atoms with E-state index in [4.69, 9.17) is 0 Å². The highest BCUT2D eigenvalue weighted by atomic mass is 16.2. The highest BCUT2D eigenvalue weighted by Crippen LogP contribution is 2.07. The molecule has 2 aromatic heterocycles. The summed E-state index contributed by atoms with van der Waals surface area (Å²) in [6, 6.07) is 5.88. The van der Waals surface area contributed by atoms with Gasteiger partial charge in [-0.15, -0.1) is 0 Å². The number of nitrogens with zero attached hydrogens (tertiary/aromatic N) is 4. The Hall–Kier alpha value is -2.37. The number of anilines is 1. The van der Waals surface area contributed by atoms with E-state index in [-0.39, 0.29) is 5.91 Å². The summed E-state index contributed by atoms with van der Waals surface area (Å²) >= 11 is 0. The number of amides is 1. The second-order valence-corrected chi connectivity index (χ2v) is 5.06. The number of rotatable bonds is 7. The van der Waals surface area contributed by atoms with Gasteiger partial charge >= 0.3 is 0 Å². The molecule has 0 spiro atoms. The van der Waals surface area contributed by atoms with Gasteiger partial charge in [-0.25, -0.2) is 0 Å². The largest absolute Gasteiger partial charge is 0.365 e. The van der Waals surface area contributed by atoms with Crippen molar-refractivity contribution in [1.82, 2.24) is 19.7 Å². The number of hydrogen-bond donors (Lipinski definition) is 1. The van der Waals surface area contributed by atoms with Crippen LogP contribution in [0, 0.1) is 0 Å². The van der Waals surface area contributed by atoms with Gasteiger partial charge in [0, 0.05) is 58.3 Å². The van der Waals surface area contributed by atoms with Gasteiger partial charge in [0.05, 0.1) is 0 Å².